The van der Waals surface area contributed by atoms with E-state index in [1.807, 2.05) is 0 Å². The summed E-state index contributed by atoms with van der Waals surface area (Å²) in [7, 11) is -3.78. The summed E-state index contributed by atoms with van der Waals surface area (Å²) < 4.78 is 24.1. The molecule has 0 bridgehead atoms. The summed E-state index contributed by atoms with van der Waals surface area (Å²) in [5.74, 6) is 0.478. The van der Waals surface area contributed by atoms with Crippen LogP contribution in [0.4, 0.5) is 5.69 Å². The van der Waals surface area contributed by atoms with Gasteiger partial charge in [-0.1, -0.05) is 25.3 Å². The summed E-state index contributed by atoms with van der Waals surface area (Å²) in [6.07, 6.45) is 5.82. The van der Waals surface area contributed by atoms with Crippen molar-refractivity contribution in [1.82, 2.24) is 10.3 Å². The number of nitro benzene ring substituents is 1. The van der Waals surface area contributed by atoms with Gasteiger partial charge in [0, 0.05) is 18.7 Å². The number of nitrogens with one attached hydrogen (secondary N) is 2. The maximum atomic E-state index is 12.1. The van der Waals surface area contributed by atoms with Crippen LogP contribution in [0.1, 0.15) is 32.1 Å². The zero-order valence-electron chi connectivity index (χ0n) is 11.6. The zero-order chi connectivity index (χ0) is 15.3. The van der Waals surface area contributed by atoms with Crippen LogP contribution in [-0.4, -0.2) is 19.9 Å². The quantitative estimate of drug-likeness (QED) is 0.617. The summed E-state index contributed by atoms with van der Waals surface area (Å²) in [5, 5.41) is 10.7. The van der Waals surface area contributed by atoms with Crippen LogP contribution in [0.25, 0.3) is 0 Å². The van der Waals surface area contributed by atoms with E-state index in [-0.39, 0.29) is 10.6 Å². The Morgan fingerprint density at radius 2 is 1.95 bits per heavy atom. The number of rotatable bonds is 6. The van der Waals surface area contributed by atoms with Crippen LogP contribution in [0, 0.1) is 16.0 Å². The molecule has 7 nitrogen and oxygen atoms in total. The lowest BCUT2D eigenvalue weighted by molar-refractivity contribution is -0.385. The molecular weight excluding hydrogens is 294 g/mol. The lowest BCUT2D eigenvalue weighted by Crippen LogP contribution is -2.40. The molecule has 1 aliphatic carbocycles. The number of nitro groups is 1. The molecule has 0 aromatic heterocycles. The van der Waals surface area contributed by atoms with Crippen molar-refractivity contribution in [1.29, 1.82) is 0 Å². The zero-order valence-corrected chi connectivity index (χ0v) is 12.4. The van der Waals surface area contributed by atoms with Crippen LogP contribution in [0.3, 0.4) is 0 Å². The minimum Gasteiger partial charge on any atom is -0.258 e. The summed E-state index contributed by atoms with van der Waals surface area (Å²) in [4.78, 5) is 12.2. The van der Waals surface area contributed by atoms with Crippen LogP contribution in [0.15, 0.2) is 29.2 Å². The van der Waals surface area contributed by atoms with Crippen LogP contribution >= 0.6 is 0 Å². The second-order valence-electron chi connectivity index (χ2n) is 5.24. The Labute approximate surface area is 123 Å². The van der Waals surface area contributed by atoms with Gasteiger partial charge in [-0.05, 0) is 24.8 Å². The number of nitrogens with zero attached hydrogens (tertiary/aromatic N) is 1. The number of hydrazine groups is 1. The van der Waals surface area contributed by atoms with E-state index in [2.05, 4.69) is 10.3 Å². The number of hydrogen-bond donors (Lipinski definition) is 2. The first-order valence-corrected chi connectivity index (χ1v) is 8.46. The van der Waals surface area contributed by atoms with Crippen molar-refractivity contribution in [3.05, 3.63) is 34.4 Å². The van der Waals surface area contributed by atoms with Crippen LogP contribution in [-0.2, 0) is 10.0 Å². The number of hydrogen-bond acceptors (Lipinski definition) is 5. The Kier molecular flexibility index (Phi) is 5.27. The molecule has 0 heterocycles. The van der Waals surface area contributed by atoms with Crippen molar-refractivity contribution in [2.45, 2.75) is 37.0 Å². The molecule has 0 unspecified atom stereocenters. The van der Waals surface area contributed by atoms with Crippen molar-refractivity contribution in [3.8, 4) is 0 Å². The molecule has 0 aliphatic heterocycles. The van der Waals surface area contributed by atoms with Gasteiger partial charge in [0.05, 0.1) is 9.82 Å². The maximum absolute atomic E-state index is 12.1. The third-order valence-corrected chi connectivity index (χ3v) is 4.95. The Morgan fingerprint density at radius 1 is 1.24 bits per heavy atom. The molecule has 0 saturated heterocycles. The van der Waals surface area contributed by atoms with Gasteiger partial charge in [-0.15, -0.1) is 4.83 Å². The molecule has 0 radical (unpaired) electrons. The standard InChI is InChI=1S/C13H19N3O4S/c17-16(18)12-7-4-8-13(9-12)21(19,20)15-14-10-11-5-2-1-3-6-11/h4,7-9,11,14-15H,1-3,5-6,10H2. The van der Waals surface area contributed by atoms with Gasteiger partial charge in [0.15, 0.2) is 0 Å². The van der Waals surface area contributed by atoms with Gasteiger partial charge in [-0.2, -0.15) is 0 Å². The Hall–Kier alpha value is -1.51. The van der Waals surface area contributed by atoms with Gasteiger partial charge >= 0.3 is 0 Å². The van der Waals surface area contributed by atoms with Crippen molar-refractivity contribution in [2.75, 3.05) is 6.54 Å². The highest BCUT2D eigenvalue weighted by molar-refractivity contribution is 7.89. The lowest BCUT2D eigenvalue weighted by Gasteiger charge is -2.21. The van der Waals surface area contributed by atoms with Crippen molar-refractivity contribution in [2.24, 2.45) is 5.92 Å². The van der Waals surface area contributed by atoms with Gasteiger partial charge in [-0.25, -0.2) is 13.8 Å². The van der Waals surface area contributed by atoms with Gasteiger partial charge < -0.3 is 0 Å². The highest BCUT2D eigenvalue weighted by atomic mass is 32.2. The maximum Gasteiger partial charge on any atom is 0.270 e. The second kappa shape index (κ2) is 6.97. The Morgan fingerprint density at radius 3 is 2.62 bits per heavy atom. The van der Waals surface area contributed by atoms with Crippen molar-refractivity contribution < 1.29 is 13.3 Å². The predicted molar refractivity (Wildman–Crippen MR) is 78.0 cm³/mol. The number of sulfonamides is 1. The average molecular weight is 313 g/mol. The summed E-state index contributed by atoms with van der Waals surface area (Å²) >= 11 is 0. The first-order valence-electron chi connectivity index (χ1n) is 6.98. The molecule has 116 valence electrons. The third-order valence-electron chi connectivity index (χ3n) is 3.66. The number of non-ortho nitro benzene ring substituents is 1. The van der Waals surface area contributed by atoms with E-state index < -0.39 is 14.9 Å². The normalized spacial score (nSPS) is 16.8. The number of benzene rings is 1. The molecular formula is C13H19N3O4S. The molecule has 1 aromatic rings. The second-order valence-corrected chi connectivity index (χ2v) is 6.93. The molecule has 8 heteroatoms. The Bertz CT molecular complexity index is 597. The molecule has 1 aromatic carbocycles. The van der Waals surface area contributed by atoms with E-state index in [0.29, 0.717) is 12.5 Å². The molecule has 21 heavy (non-hydrogen) atoms. The van der Waals surface area contributed by atoms with E-state index in [0.717, 1.165) is 18.9 Å². The van der Waals surface area contributed by atoms with Gasteiger partial charge in [0.1, 0.15) is 0 Å². The van der Waals surface area contributed by atoms with E-state index in [1.54, 1.807) is 0 Å². The molecule has 0 atom stereocenters. The average Bonchev–Trinajstić information content (AvgIpc) is 2.48. The highest BCUT2D eigenvalue weighted by Gasteiger charge is 2.18. The summed E-state index contributed by atoms with van der Waals surface area (Å²) in [5.41, 5.74) is 2.49. The van der Waals surface area contributed by atoms with Gasteiger partial charge in [0.25, 0.3) is 15.7 Å². The molecule has 2 rings (SSSR count). The fourth-order valence-electron chi connectivity index (χ4n) is 2.50. The largest absolute Gasteiger partial charge is 0.270 e. The van der Waals surface area contributed by atoms with Crippen LogP contribution in [0.5, 0.6) is 0 Å². The van der Waals surface area contributed by atoms with Crippen LogP contribution < -0.4 is 10.3 Å². The topological polar surface area (TPSA) is 101 Å². The molecule has 1 fully saturated rings. The fraction of sp³-hybridized carbons (Fsp3) is 0.538. The summed E-state index contributed by atoms with van der Waals surface area (Å²) in [6, 6.07) is 4.99. The Balaban J connectivity index is 1.94. The third kappa shape index (κ3) is 4.48. The molecule has 0 amide bonds. The smallest absolute Gasteiger partial charge is 0.258 e. The molecule has 2 N–H and O–H groups in total. The van der Waals surface area contributed by atoms with Crippen molar-refractivity contribution in [3.63, 3.8) is 0 Å². The molecule has 1 aliphatic rings. The minimum absolute atomic E-state index is 0.118. The van der Waals surface area contributed by atoms with E-state index in [9.17, 15) is 18.5 Å². The van der Waals surface area contributed by atoms with Crippen molar-refractivity contribution >= 4 is 15.7 Å². The molecule has 0 spiro atoms. The summed E-state index contributed by atoms with van der Waals surface area (Å²) in [6.45, 7) is 0.578. The van der Waals surface area contributed by atoms with Gasteiger partial charge in [-0.3, -0.25) is 10.1 Å². The van der Waals surface area contributed by atoms with E-state index >= 15 is 0 Å². The van der Waals surface area contributed by atoms with E-state index in [1.165, 1.54) is 37.5 Å². The monoisotopic (exact) mass is 313 g/mol. The molecule has 1 saturated carbocycles. The first kappa shape index (κ1) is 15.9. The minimum atomic E-state index is -3.78. The van der Waals surface area contributed by atoms with E-state index in [4.69, 9.17) is 0 Å². The fourth-order valence-corrected chi connectivity index (χ4v) is 3.42. The highest BCUT2D eigenvalue weighted by Crippen LogP contribution is 2.22. The SMILES string of the molecule is O=[N+]([O-])c1cccc(S(=O)(=O)NNCC2CCCCC2)c1. The van der Waals surface area contributed by atoms with Gasteiger partial charge in [0.2, 0.25) is 0 Å². The lowest BCUT2D eigenvalue weighted by atomic mass is 9.89. The van der Waals surface area contributed by atoms with Crippen LogP contribution in [0.2, 0.25) is 0 Å². The first-order chi connectivity index (χ1) is 9.99. The predicted octanol–water partition coefficient (Wildman–Crippen LogP) is 1.96.